The molecule has 0 N–H and O–H groups in total. The molecule has 1 unspecified atom stereocenters. The second kappa shape index (κ2) is 4.81. The van der Waals surface area contributed by atoms with Crippen LogP contribution in [0.1, 0.15) is 50.8 Å². The average molecular weight is 232 g/mol. The van der Waals surface area contributed by atoms with Gasteiger partial charge in [0.05, 0.1) is 12.7 Å². The Balaban J connectivity index is 2.18. The molecule has 1 fully saturated rings. The number of hydrogen-bond acceptors (Lipinski definition) is 1. The van der Waals surface area contributed by atoms with Gasteiger partial charge < -0.3 is 4.74 Å². The molecule has 0 aromatic heterocycles. The van der Waals surface area contributed by atoms with Gasteiger partial charge in [0, 0.05) is 0 Å². The molecule has 1 saturated heterocycles. The largest absolute Gasteiger partial charge is 0.373 e. The predicted octanol–water partition coefficient (Wildman–Crippen LogP) is 3.88. The predicted molar refractivity (Wildman–Crippen MR) is 72.6 cm³/mol. The summed E-state index contributed by atoms with van der Waals surface area (Å²) in [5.74, 6) is 0. The van der Waals surface area contributed by atoms with Crippen molar-refractivity contribution in [3.63, 3.8) is 0 Å². The minimum absolute atomic E-state index is 0.247. The van der Waals surface area contributed by atoms with Crippen LogP contribution in [0.3, 0.4) is 0 Å². The Bertz CT molecular complexity index is 383. The summed E-state index contributed by atoms with van der Waals surface area (Å²) in [5, 5.41) is 0. The van der Waals surface area contributed by atoms with Gasteiger partial charge in [-0.15, -0.1) is 0 Å². The minimum Gasteiger partial charge on any atom is -0.373 e. The molecule has 2 rings (SSSR count). The summed E-state index contributed by atoms with van der Waals surface area (Å²) in [6.07, 6.45) is 4.02. The van der Waals surface area contributed by atoms with Crippen LogP contribution in [0.25, 0.3) is 0 Å². The highest BCUT2D eigenvalue weighted by atomic mass is 16.6. The molecule has 17 heavy (non-hydrogen) atoms. The summed E-state index contributed by atoms with van der Waals surface area (Å²) < 4.78 is 5.30. The second-order valence-electron chi connectivity index (χ2n) is 6.08. The Hall–Kier alpha value is -0.820. The molecule has 1 aromatic rings. The lowest BCUT2D eigenvalue weighted by Crippen LogP contribution is -2.12. The lowest BCUT2D eigenvalue weighted by molar-refractivity contribution is 0.396. The quantitative estimate of drug-likeness (QED) is 0.718. The van der Waals surface area contributed by atoms with Crippen molar-refractivity contribution in [1.82, 2.24) is 0 Å². The normalized spacial score (nSPS) is 19.4. The van der Waals surface area contributed by atoms with Crippen molar-refractivity contribution in [2.45, 2.75) is 58.5 Å². The first-order chi connectivity index (χ1) is 8.00. The third kappa shape index (κ3) is 3.32. The first-order valence-electron chi connectivity index (χ1n) is 6.74. The molecule has 0 radical (unpaired) electrons. The second-order valence-corrected chi connectivity index (χ2v) is 6.08. The van der Waals surface area contributed by atoms with Crippen LogP contribution in [-0.2, 0) is 23.0 Å². The summed E-state index contributed by atoms with van der Waals surface area (Å²) in [4.78, 5) is 0. The van der Waals surface area contributed by atoms with Crippen LogP contribution in [0, 0.1) is 0 Å². The Labute approximate surface area is 105 Å². The van der Waals surface area contributed by atoms with Crippen molar-refractivity contribution in [2.75, 3.05) is 6.61 Å². The lowest BCUT2D eigenvalue weighted by Gasteiger charge is -2.21. The fourth-order valence-corrected chi connectivity index (χ4v) is 2.22. The summed E-state index contributed by atoms with van der Waals surface area (Å²) >= 11 is 0. The first-order valence-corrected chi connectivity index (χ1v) is 6.74. The van der Waals surface area contributed by atoms with Crippen LogP contribution < -0.4 is 0 Å². The summed E-state index contributed by atoms with van der Waals surface area (Å²) in [7, 11) is 0. The van der Waals surface area contributed by atoms with Crippen LogP contribution >= 0.6 is 0 Å². The zero-order valence-electron chi connectivity index (χ0n) is 11.5. The van der Waals surface area contributed by atoms with Gasteiger partial charge in [-0.3, -0.25) is 0 Å². The molecule has 1 heteroatoms. The van der Waals surface area contributed by atoms with Gasteiger partial charge in [-0.25, -0.2) is 0 Å². The smallest absolute Gasteiger partial charge is 0.0813 e. The van der Waals surface area contributed by atoms with Gasteiger partial charge in [-0.05, 0) is 41.4 Å². The highest BCUT2D eigenvalue weighted by Crippen LogP contribution is 2.26. The topological polar surface area (TPSA) is 12.5 Å². The van der Waals surface area contributed by atoms with Crippen LogP contribution in [0.4, 0.5) is 0 Å². The summed E-state index contributed by atoms with van der Waals surface area (Å²) in [6.45, 7) is 10.1. The SMILES string of the molecule is CCc1ccc(C(C)(C)C)cc1CCC1CO1. The van der Waals surface area contributed by atoms with Gasteiger partial charge in [0.25, 0.3) is 0 Å². The van der Waals surface area contributed by atoms with Gasteiger partial charge in [0.15, 0.2) is 0 Å². The van der Waals surface area contributed by atoms with Crippen molar-refractivity contribution >= 4 is 0 Å². The molecule has 0 saturated carbocycles. The van der Waals surface area contributed by atoms with E-state index in [9.17, 15) is 0 Å². The molecule has 1 atom stereocenters. The highest BCUT2D eigenvalue weighted by Gasteiger charge is 2.22. The standard InChI is InChI=1S/C16H24O/c1-5-12-6-8-14(16(2,3)4)10-13(12)7-9-15-11-17-15/h6,8,10,15H,5,7,9,11H2,1-4H3. The zero-order chi connectivity index (χ0) is 12.5. The molecule has 0 bridgehead atoms. The number of epoxide rings is 1. The Morgan fingerprint density at radius 1 is 1.24 bits per heavy atom. The van der Waals surface area contributed by atoms with Crippen molar-refractivity contribution < 1.29 is 4.74 Å². The molecular weight excluding hydrogens is 208 g/mol. The average Bonchev–Trinajstić information content (AvgIpc) is 3.08. The monoisotopic (exact) mass is 232 g/mol. The van der Waals surface area contributed by atoms with Crippen LogP contribution in [0.15, 0.2) is 18.2 Å². The van der Waals surface area contributed by atoms with Crippen molar-refractivity contribution in [1.29, 1.82) is 0 Å². The summed E-state index contributed by atoms with van der Waals surface area (Å²) in [6, 6.07) is 7.00. The van der Waals surface area contributed by atoms with E-state index >= 15 is 0 Å². The maximum Gasteiger partial charge on any atom is 0.0813 e. The van der Waals surface area contributed by atoms with E-state index in [0.717, 1.165) is 19.4 Å². The lowest BCUT2D eigenvalue weighted by atomic mass is 9.84. The Morgan fingerprint density at radius 2 is 1.94 bits per heavy atom. The van der Waals surface area contributed by atoms with Crippen LogP contribution in [-0.4, -0.2) is 12.7 Å². The molecule has 1 aliphatic rings. The molecule has 1 aromatic carbocycles. The number of hydrogen-bond donors (Lipinski definition) is 0. The van der Waals surface area contributed by atoms with Gasteiger partial charge in [0.1, 0.15) is 0 Å². The van der Waals surface area contributed by atoms with E-state index in [1.54, 1.807) is 0 Å². The van der Waals surface area contributed by atoms with Crippen LogP contribution in [0.2, 0.25) is 0 Å². The Morgan fingerprint density at radius 3 is 2.47 bits per heavy atom. The fraction of sp³-hybridized carbons (Fsp3) is 0.625. The molecule has 94 valence electrons. The fourth-order valence-electron chi connectivity index (χ4n) is 2.22. The molecule has 0 aliphatic carbocycles. The molecule has 0 spiro atoms. The molecular formula is C16H24O. The van der Waals surface area contributed by atoms with E-state index in [1.807, 2.05) is 0 Å². The minimum atomic E-state index is 0.247. The first kappa shape index (κ1) is 12.6. The van der Waals surface area contributed by atoms with E-state index in [1.165, 1.54) is 23.1 Å². The number of ether oxygens (including phenoxy) is 1. The maximum atomic E-state index is 5.30. The maximum absolute atomic E-state index is 5.30. The van der Waals surface area contributed by atoms with E-state index < -0.39 is 0 Å². The van der Waals surface area contributed by atoms with Crippen molar-refractivity contribution in [2.24, 2.45) is 0 Å². The Kier molecular flexibility index (Phi) is 3.58. The molecule has 1 aliphatic heterocycles. The van der Waals surface area contributed by atoms with Crippen LogP contribution in [0.5, 0.6) is 0 Å². The molecule has 0 amide bonds. The third-order valence-electron chi connectivity index (χ3n) is 3.59. The van der Waals surface area contributed by atoms with Gasteiger partial charge in [0.2, 0.25) is 0 Å². The van der Waals surface area contributed by atoms with Gasteiger partial charge in [-0.1, -0.05) is 45.9 Å². The van der Waals surface area contributed by atoms with Gasteiger partial charge >= 0.3 is 0 Å². The summed E-state index contributed by atoms with van der Waals surface area (Å²) in [5.41, 5.74) is 4.72. The zero-order valence-corrected chi connectivity index (χ0v) is 11.5. The van der Waals surface area contributed by atoms with Crippen molar-refractivity contribution in [3.8, 4) is 0 Å². The van der Waals surface area contributed by atoms with E-state index in [2.05, 4.69) is 45.9 Å². The van der Waals surface area contributed by atoms with Gasteiger partial charge in [-0.2, -0.15) is 0 Å². The molecule has 1 nitrogen and oxygen atoms in total. The molecule has 1 heterocycles. The van der Waals surface area contributed by atoms with E-state index in [0.29, 0.717) is 6.10 Å². The van der Waals surface area contributed by atoms with E-state index in [4.69, 9.17) is 4.74 Å². The number of benzene rings is 1. The number of rotatable bonds is 4. The van der Waals surface area contributed by atoms with E-state index in [-0.39, 0.29) is 5.41 Å². The number of aryl methyl sites for hydroxylation is 2. The highest BCUT2D eigenvalue weighted by molar-refractivity contribution is 5.35. The van der Waals surface area contributed by atoms with Crippen molar-refractivity contribution in [3.05, 3.63) is 34.9 Å². The third-order valence-corrected chi connectivity index (χ3v) is 3.59.